The molecule has 0 bridgehead atoms. The zero-order chi connectivity index (χ0) is 22.5. The minimum atomic E-state index is -0.522. The number of nitrogens with zero attached hydrogens (tertiary/aromatic N) is 4. The summed E-state index contributed by atoms with van der Waals surface area (Å²) in [6.45, 7) is 6.76. The van der Waals surface area contributed by atoms with Crippen molar-refractivity contribution in [1.29, 1.82) is 0 Å². The van der Waals surface area contributed by atoms with Crippen LogP contribution >= 0.6 is 0 Å². The van der Waals surface area contributed by atoms with Crippen LogP contribution in [0.15, 0.2) is 30.6 Å². The highest BCUT2D eigenvalue weighted by Crippen LogP contribution is 2.37. The summed E-state index contributed by atoms with van der Waals surface area (Å²) in [4.78, 5) is 23.4. The summed E-state index contributed by atoms with van der Waals surface area (Å²) in [5, 5.41) is 3.89. The number of hydrogen-bond acceptors (Lipinski definition) is 6. The highest BCUT2D eigenvalue weighted by molar-refractivity contribution is 5.92. The smallest absolute Gasteiger partial charge is 0.222 e. The van der Waals surface area contributed by atoms with E-state index in [1.54, 1.807) is 7.11 Å². The molecular weight excluding hydrogens is 406 g/mol. The first-order valence-electron chi connectivity index (χ1n) is 11.0. The third-order valence-electron chi connectivity index (χ3n) is 6.57. The molecule has 3 aromatic rings. The lowest BCUT2D eigenvalue weighted by Gasteiger charge is -2.36. The van der Waals surface area contributed by atoms with Crippen LogP contribution in [-0.4, -0.2) is 65.8 Å². The number of carbonyl (C=O) groups excluding carboxylic acids is 1. The summed E-state index contributed by atoms with van der Waals surface area (Å²) in [6, 6.07) is 6.09. The second-order valence-electron chi connectivity index (χ2n) is 9.03. The Kier molecular flexibility index (Phi) is 5.23. The molecule has 1 atom stereocenters. The number of anilines is 1. The van der Waals surface area contributed by atoms with Crippen molar-refractivity contribution in [2.45, 2.75) is 31.8 Å². The Morgan fingerprint density at radius 2 is 2.12 bits per heavy atom. The Hall–Kier alpha value is -2.81. The topological polar surface area (TPSA) is 81.5 Å². The monoisotopic (exact) mass is 435 g/mol. The summed E-state index contributed by atoms with van der Waals surface area (Å²) in [5.41, 5.74) is 3.71. The van der Waals surface area contributed by atoms with Gasteiger partial charge in [-0.2, -0.15) is 0 Å². The van der Waals surface area contributed by atoms with Crippen LogP contribution in [0.1, 0.15) is 36.1 Å². The fraction of sp³-hybridized carbons (Fsp3) is 0.458. The van der Waals surface area contributed by atoms with E-state index < -0.39 is 5.60 Å². The molecule has 32 heavy (non-hydrogen) atoms. The van der Waals surface area contributed by atoms with E-state index in [0.717, 1.165) is 47.5 Å². The van der Waals surface area contributed by atoms with Crippen LogP contribution in [0.25, 0.3) is 16.7 Å². The van der Waals surface area contributed by atoms with Gasteiger partial charge in [-0.3, -0.25) is 4.79 Å². The number of likely N-dealkylation sites (tertiary alicyclic amines) is 1. The van der Waals surface area contributed by atoms with E-state index in [2.05, 4.69) is 52.1 Å². The zero-order valence-electron chi connectivity index (χ0n) is 19.0. The van der Waals surface area contributed by atoms with Crippen molar-refractivity contribution in [3.8, 4) is 5.82 Å². The predicted molar refractivity (Wildman–Crippen MR) is 122 cm³/mol. The third-order valence-corrected chi connectivity index (χ3v) is 6.57. The van der Waals surface area contributed by atoms with E-state index >= 15 is 0 Å². The quantitative estimate of drug-likeness (QED) is 0.664. The first-order chi connectivity index (χ1) is 15.4. The Bertz CT molecular complexity index is 1180. The van der Waals surface area contributed by atoms with Gasteiger partial charge < -0.3 is 24.3 Å². The van der Waals surface area contributed by atoms with Gasteiger partial charge in [0.2, 0.25) is 5.91 Å². The maximum Gasteiger partial charge on any atom is 0.222 e. The first-order valence-corrected chi connectivity index (χ1v) is 11.0. The van der Waals surface area contributed by atoms with Crippen LogP contribution in [0, 0.1) is 6.92 Å². The molecule has 2 aliphatic rings. The van der Waals surface area contributed by atoms with E-state index in [1.807, 2.05) is 12.3 Å². The van der Waals surface area contributed by atoms with Crippen molar-refractivity contribution < 1.29 is 14.3 Å². The lowest BCUT2D eigenvalue weighted by atomic mass is 9.92. The first kappa shape index (κ1) is 21.1. The van der Waals surface area contributed by atoms with Crippen LogP contribution in [0.2, 0.25) is 0 Å². The molecule has 0 aliphatic carbocycles. The summed E-state index contributed by atoms with van der Waals surface area (Å²) in [6.07, 6.45) is 4.82. The van der Waals surface area contributed by atoms with Crippen LogP contribution in [0.3, 0.4) is 0 Å². The van der Waals surface area contributed by atoms with Gasteiger partial charge in [0, 0.05) is 69.9 Å². The molecule has 2 fully saturated rings. The maximum atomic E-state index is 11.6. The second-order valence-corrected chi connectivity index (χ2v) is 9.03. The summed E-state index contributed by atoms with van der Waals surface area (Å²) >= 11 is 0. The van der Waals surface area contributed by atoms with Crippen molar-refractivity contribution in [1.82, 2.24) is 19.4 Å². The fourth-order valence-corrected chi connectivity index (χ4v) is 4.82. The van der Waals surface area contributed by atoms with Crippen LogP contribution < -0.4 is 5.32 Å². The Morgan fingerprint density at radius 1 is 1.31 bits per heavy atom. The van der Waals surface area contributed by atoms with Gasteiger partial charge in [-0.1, -0.05) is 0 Å². The molecule has 0 spiro atoms. The SMILES string of the molecule is CO[C@@]1(c2cc(C)cc(-n3cc(C4CN(C)C4)c4cnc(NC(C)=O)cc43)n2)CCOC1. The molecule has 3 aromatic heterocycles. The molecule has 0 unspecified atom stereocenters. The van der Waals surface area contributed by atoms with Gasteiger partial charge in [0.15, 0.2) is 0 Å². The molecule has 8 heteroatoms. The summed E-state index contributed by atoms with van der Waals surface area (Å²) in [7, 11) is 3.85. The number of rotatable bonds is 5. The summed E-state index contributed by atoms with van der Waals surface area (Å²) < 4.78 is 13.7. The molecule has 0 aromatic carbocycles. The highest BCUT2D eigenvalue weighted by atomic mass is 16.5. The number of carbonyl (C=O) groups is 1. The molecule has 0 saturated carbocycles. The van der Waals surface area contributed by atoms with Crippen molar-refractivity contribution >= 4 is 22.6 Å². The Labute approximate surface area is 187 Å². The Morgan fingerprint density at radius 3 is 2.78 bits per heavy atom. The standard InChI is InChI=1S/C24H29N5O3/c1-15-7-21(24(31-4)5-6-32-14-24)27-23(8-15)29-13-19(17-11-28(3)12-17)18-10-25-22(9-20(18)29)26-16(2)30/h7-10,13,17H,5-6,11-12,14H2,1-4H3,(H,25,26,30)/t24-/m0/s1. The van der Waals surface area contributed by atoms with E-state index in [-0.39, 0.29) is 5.91 Å². The molecule has 2 aliphatic heterocycles. The van der Waals surface area contributed by atoms with E-state index in [4.69, 9.17) is 14.5 Å². The number of amides is 1. The van der Waals surface area contributed by atoms with Crippen molar-refractivity contribution in [3.05, 3.63) is 47.4 Å². The highest BCUT2D eigenvalue weighted by Gasteiger charge is 2.39. The third kappa shape index (κ3) is 3.58. The fourth-order valence-electron chi connectivity index (χ4n) is 4.82. The number of pyridine rings is 2. The molecule has 0 radical (unpaired) electrons. The number of fused-ring (bicyclic) bond motifs is 1. The van der Waals surface area contributed by atoms with Crippen molar-refractivity contribution in [3.63, 3.8) is 0 Å². The second kappa shape index (κ2) is 7.95. The Balaban J connectivity index is 1.66. The van der Waals surface area contributed by atoms with Gasteiger partial charge in [0.05, 0.1) is 17.8 Å². The minimum Gasteiger partial charge on any atom is -0.378 e. The van der Waals surface area contributed by atoms with Gasteiger partial charge in [-0.15, -0.1) is 0 Å². The van der Waals surface area contributed by atoms with Gasteiger partial charge >= 0.3 is 0 Å². The lowest BCUT2D eigenvalue weighted by Crippen LogP contribution is -2.41. The van der Waals surface area contributed by atoms with Crippen molar-refractivity contribution in [2.24, 2.45) is 0 Å². The van der Waals surface area contributed by atoms with Gasteiger partial charge in [-0.25, -0.2) is 9.97 Å². The maximum absolute atomic E-state index is 11.6. The number of likely N-dealkylation sites (N-methyl/N-ethyl adjacent to an activating group) is 1. The van der Waals surface area contributed by atoms with Crippen LogP contribution in [-0.2, 0) is 19.9 Å². The number of ether oxygens (including phenoxy) is 2. The average Bonchev–Trinajstić information content (AvgIpc) is 3.36. The van der Waals surface area contributed by atoms with Gasteiger partial charge in [0.25, 0.3) is 0 Å². The number of nitrogens with one attached hydrogen (secondary N) is 1. The predicted octanol–water partition coefficient (Wildman–Crippen LogP) is 2.98. The van der Waals surface area contributed by atoms with E-state index in [1.165, 1.54) is 12.5 Å². The van der Waals surface area contributed by atoms with E-state index in [9.17, 15) is 4.79 Å². The minimum absolute atomic E-state index is 0.143. The lowest BCUT2D eigenvalue weighted by molar-refractivity contribution is -0.114. The molecule has 168 valence electrons. The number of aryl methyl sites for hydroxylation is 1. The van der Waals surface area contributed by atoms with E-state index in [0.29, 0.717) is 24.9 Å². The normalized spacial score (nSPS) is 21.8. The van der Waals surface area contributed by atoms with Crippen LogP contribution in [0.4, 0.5) is 5.82 Å². The zero-order valence-corrected chi connectivity index (χ0v) is 19.0. The summed E-state index contributed by atoms with van der Waals surface area (Å²) in [5.74, 6) is 1.67. The molecule has 1 N–H and O–H groups in total. The van der Waals surface area contributed by atoms with Gasteiger partial charge in [0.1, 0.15) is 17.2 Å². The number of hydrogen-bond donors (Lipinski definition) is 1. The number of aromatic nitrogens is 3. The molecule has 1 amide bonds. The molecular formula is C24H29N5O3. The average molecular weight is 436 g/mol. The number of methoxy groups -OCH3 is 1. The van der Waals surface area contributed by atoms with Crippen molar-refractivity contribution in [2.75, 3.05) is 45.8 Å². The molecule has 5 rings (SSSR count). The largest absolute Gasteiger partial charge is 0.378 e. The van der Waals surface area contributed by atoms with Gasteiger partial charge in [-0.05, 0) is 37.2 Å². The van der Waals surface area contributed by atoms with Crippen LogP contribution in [0.5, 0.6) is 0 Å². The molecule has 2 saturated heterocycles. The molecule has 8 nitrogen and oxygen atoms in total. The molecule has 5 heterocycles.